The van der Waals surface area contributed by atoms with Crippen LogP contribution in [0.4, 0.5) is 20.3 Å². The van der Waals surface area contributed by atoms with Crippen LogP contribution in [0.5, 0.6) is 0 Å². The fourth-order valence-electron chi connectivity index (χ4n) is 11.7. The Hall–Kier alpha value is -6.06. The second-order valence-electron chi connectivity index (χ2n) is 19.5. The minimum absolute atomic E-state index is 0.0663. The van der Waals surface area contributed by atoms with Crippen LogP contribution in [0.15, 0.2) is 47.7 Å². The number of imidazole rings is 1. The summed E-state index contributed by atoms with van der Waals surface area (Å²) in [4.78, 5) is 76.7. The van der Waals surface area contributed by atoms with E-state index < -0.39 is 30.0 Å². The van der Waals surface area contributed by atoms with Gasteiger partial charge in [-0.25, -0.2) is 23.1 Å². The maximum Gasteiger partial charge on any atom is 0.329 e. The van der Waals surface area contributed by atoms with Gasteiger partial charge in [-0.05, 0) is 88.4 Å². The number of carbonyl (C=O) groups excluding carboxylic acids is 4. The van der Waals surface area contributed by atoms with Gasteiger partial charge in [0.15, 0.2) is 11.3 Å². The Morgan fingerprint density at radius 1 is 1.03 bits per heavy atom. The number of aryl methyl sites for hydroxylation is 2. The molecule has 1 aliphatic carbocycles. The highest BCUT2D eigenvalue weighted by atomic mass is 19.3. The van der Waals surface area contributed by atoms with E-state index in [1.165, 1.54) is 26.2 Å². The molecule has 6 fully saturated rings. The summed E-state index contributed by atoms with van der Waals surface area (Å²) >= 11 is 0. The third-order valence-electron chi connectivity index (χ3n) is 15.4. The van der Waals surface area contributed by atoms with E-state index in [-0.39, 0.29) is 71.3 Å². The van der Waals surface area contributed by atoms with E-state index >= 15 is 0 Å². The number of rotatable bonds is 11. The number of alkyl halides is 2. The lowest BCUT2D eigenvalue weighted by atomic mass is 9.83. The number of hydrogen-bond acceptors (Lipinski definition) is 12. The summed E-state index contributed by atoms with van der Waals surface area (Å²) in [6, 6.07) is 6.95. The molecule has 0 radical (unpaired) electrons. The summed E-state index contributed by atoms with van der Waals surface area (Å²) in [7, 11) is 1.73. The van der Waals surface area contributed by atoms with Gasteiger partial charge in [-0.1, -0.05) is 12.1 Å². The van der Waals surface area contributed by atoms with Gasteiger partial charge in [0.05, 0.1) is 59.9 Å². The molecule has 5 aromatic rings. The summed E-state index contributed by atoms with van der Waals surface area (Å²) < 4.78 is 47.1. The van der Waals surface area contributed by atoms with E-state index in [0.29, 0.717) is 69.0 Å². The summed E-state index contributed by atoms with van der Waals surface area (Å²) in [6.07, 6.45) is 8.70. The van der Waals surface area contributed by atoms with Gasteiger partial charge < -0.3 is 24.6 Å². The number of amides is 4. The minimum Gasteiger partial charge on any atom is -0.374 e. The number of para-hydroxylation sites is 1. The van der Waals surface area contributed by atoms with E-state index in [1.54, 1.807) is 17.8 Å². The number of likely N-dealkylation sites (tertiary alicyclic amines) is 1. The molecule has 19 nitrogen and oxygen atoms in total. The van der Waals surface area contributed by atoms with Crippen LogP contribution in [-0.2, 0) is 37.3 Å². The molecule has 5 saturated heterocycles. The predicted molar refractivity (Wildman–Crippen MR) is 242 cm³/mol. The van der Waals surface area contributed by atoms with E-state index in [2.05, 4.69) is 30.6 Å². The largest absolute Gasteiger partial charge is 0.374 e. The first-order chi connectivity index (χ1) is 32.9. The molecule has 1 saturated carbocycles. The first kappa shape index (κ1) is 44.4. The molecule has 21 heteroatoms. The molecule has 2 bridgehead atoms. The molecule has 1 spiro atoms. The fourth-order valence-corrected chi connectivity index (χ4v) is 11.7. The number of nitrogens with one attached hydrogen (secondary N) is 2. The highest BCUT2D eigenvalue weighted by Gasteiger charge is 2.43. The number of hydrogen-bond donors (Lipinski definition) is 2. The summed E-state index contributed by atoms with van der Waals surface area (Å²) in [5, 5.41) is 13.6. The lowest BCUT2D eigenvalue weighted by molar-refractivity contribution is -0.154. The molecule has 4 amide bonds. The second-order valence-corrected chi connectivity index (χ2v) is 19.5. The zero-order chi connectivity index (χ0) is 46.8. The Labute approximate surface area is 389 Å². The average Bonchev–Trinajstić information content (AvgIpc) is 4.19. The topological polar surface area (TPSA) is 195 Å². The van der Waals surface area contributed by atoms with Crippen molar-refractivity contribution in [2.24, 2.45) is 13.0 Å². The van der Waals surface area contributed by atoms with Crippen molar-refractivity contribution < 1.29 is 37.4 Å². The number of anilines is 2. The van der Waals surface area contributed by atoms with Crippen molar-refractivity contribution in [3.8, 4) is 0 Å². The van der Waals surface area contributed by atoms with Crippen molar-refractivity contribution in [2.45, 2.75) is 107 Å². The van der Waals surface area contributed by atoms with E-state index in [4.69, 9.17) is 14.5 Å². The van der Waals surface area contributed by atoms with E-state index in [0.717, 1.165) is 69.4 Å². The normalized spacial score (nSPS) is 25.3. The quantitative estimate of drug-likeness (QED) is 0.182. The molecule has 11 rings (SSSR count). The van der Waals surface area contributed by atoms with Gasteiger partial charge >= 0.3 is 5.69 Å². The lowest BCUT2D eigenvalue weighted by Crippen LogP contribution is -2.58. The van der Waals surface area contributed by atoms with Gasteiger partial charge in [0.25, 0.3) is 12.3 Å². The second kappa shape index (κ2) is 17.8. The SMILES string of the molecule is Cn1c(=O)n(C2CCC(=O)NC2=O)c2cccc(CCCN3CCOC4(CCN(C(=O)C5CCC(n6cc(NC(=O)c7cnn8ccc(N9C[C@H]%10C[C@@H]9CO%10)nc78)c(C(F)F)n6)CC5)CC4)C3)c21. The van der Waals surface area contributed by atoms with Crippen LogP contribution in [0.25, 0.3) is 16.7 Å². The molecular weight excluding hydrogens is 883 g/mol. The number of imide groups is 1. The molecule has 4 aromatic heterocycles. The van der Waals surface area contributed by atoms with Gasteiger partial charge in [0, 0.05) is 64.5 Å². The summed E-state index contributed by atoms with van der Waals surface area (Å²) in [5.41, 5.74) is 1.82. The third kappa shape index (κ3) is 8.14. The molecule has 6 aliphatic rings. The van der Waals surface area contributed by atoms with Crippen LogP contribution in [0, 0.1) is 5.92 Å². The maximum absolute atomic E-state index is 14.4. The van der Waals surface area contributed by atoms with Gasteiger partial charge in [-0.2, -0.15) is 10.2 Å². The van der Waals surface area contributed by atoms with Crippen LogP contribution in [0.3, 0.4) is 0 Å². The number of benzene rings is 1. The van der Waals surface area contributed by atoms with Crippen molar-refractivity contribution in [3.05, 3.63) is 70.2 Å². The Morgan fingerprint density at radius 3 is 2.60 bits per heavy atom. The smallest absolute Gasteiger partial charge is 0.329 e. The van der Waals surface area contributed by atoms with Gasteiger partial charge in [0.1, 0.15) is 17.4 Å². The number of morpholine rings is 2. The average molecular weight is 939 g/mol. The van der Waals surface area contributed by atoms with Crippen LogP contribution in [-0.4, -0.2) is 137 Å². The third-order valence-corrected chi connectivity index (χ3v) is 15.4. The van der Waals surface area contributed by atoms with Crippen LogP contribution >= 0.6 is 0 Å². The molecule has 5 aliphatic heterocycles. The lowest BCUT2D eigenvalue weighted by Gasteiger charge is -2.48. The Balaban J connectivity index is 0.668. The predicted octanol–water partition coefficient (Wildman–Crippen LogP) is 3.78. The number of halogens is 2. The maximum atomic E-state index is 14.4. The molecule has 3 atom stereocenters. The fraction of sp³-hybridized carbons (Fsp3) is 0.574. The van der Waals surface area contributed by atoms with Crippen molar-refractivity contribution in [1.82, 2.24) is 48.6 Å². The zero-order valence-electron chi connectivity index (χ0n) is 38.0. The highest BCUT2D eigenvalue weighted by molar-refractivity contribution is 6.08. The molecule has 68 heavy (non-hydrogen) atoms. The van der Waals surface area contributed by atoms with Crippen LogP contribution in [0.1, 0.15) is 104 Å². The molecule has 1 aromatic carbocycles. The number of piperidine rings is 2. The standard InChI is InChI=1S/C47H56F2N12O7/c1-55-40-28(4-2-6-35(40)61(46(55)66)36-11-12-38(62)53-44(36)64)5-3-16-56-20-21-68-47(27-56)14-18-57(19-15-47)45(65)29-7-9-30(10-8-29)60-25-34(39(54-60)41(48)49)51-43(63)33-23-50-59-17-13-37(52-42(33)59)58-24-32-22-31(58)26-67-32/h2,4,6,13,17,23,25,29-32,36,41H,3,5,7-12,14-16,18-22,24,26-27H2,1H3,(H,51,63)(H,53,62,64)/t29?,30?,31-,32-,36?/m1/s1. The van der Waals surface area contributed by atoms with Crippen LogP contribution in [0.2, 0.25) is 0 Å². The monoisotopic (exact) mass is 938 g/mol. The van der Waals surface area contributed by atoms with Gasteiger partial charge in [0.2, 0.25) is 17.7 Å². The molecule has 2 N–H and O–H groups in total. The first-order valence-corrected chi connectivity index (χ1v) is 24.0. The van der Waals surface area contributed by atoms with Crippen LogP contribution < -0.4 is 21.2 Å². The van der Waals surface area contributed by atoms with Crippen molar-refractivity contribution in [3.63, 3.8) is 0 Å². The Bertz CT molecular complexity index is 2840. The molecule has 360 valence electrons. The number of aromatic nitrogens is 7. The van der Waals surface area contributed by atoms with Crippen molar-refractivity contribution in [1.29, 1.82) is 0 Å². The Morgan fingerprint density at radius 2 is 1.85 bits per heavy atom. The van der Waals surface area contributed by atoms with E-state index in [9.17, 15) is 32.8 Å². The number of nitrogens with zero attached hydrogens (tertiary/aromatic N) is 10. The van der Waals surface area contributed by atoms with Crippen molar-refractivity contribution >= 4 is 51.8 Å². The van der Waals surface area contributed by atoms with Gasteiger partial charge in [-0.15, -0.1) is 0 Å². The molecular formula is C47H56F2N12O7. The zero-order valence-corrected chi connectivity index (χ0v) is 38.0. The number of fused-ring (bicyclic) bond motifs is 4. The molecule has 1 unspecified atom stereocenters. The molecule has 9 heterocycles. The van der Waals surface area contributed by atoms with Gasteiger partial charge in [-0.3, -0.25) is 43.2 Å². The minimum atomic E-state index is -2.92. The van der Waals surface area contributed by atoms with Crippen molar-refractivity contribution in [2.75, 3.05) is 62.7 Å². The number of carbonyl (C=O) groups is 4. The Kier molecular flexibility index (Phi) is 11.6. The highest BCUT2D eigenvalue weighted by Crippen LogP contribution is 2.38. The first-order valence-electron chi connectivity index (χ1n) is 24.0. The number of ether oxygens (including phenoxy) is 2. The van der Waals surface area contributed by atoms with E-state index in [1.807, 2.05) is 29.2 Å². The summed E-state index contributed by atoms with van der Waals surface area (Å²) in [6.45, 7) is 5.58. The summed E-state index contributed by atoms with van der Waals surface area (Å²) in [5.74, 6) is -0.717.